The van der Waals surface area contributed by atoms with Gasteiger partial charge in [0.25, 0.3) is 5.91 Å². The summed E-state index contributed by atoms with van der Waals surface area (Å²) in [6.45, 7) is 2.58. The molecule has 0 saturated heterocycles. The maximum atomic E-state index is 11.7. The van der Waals surface area contributed by atoms with Crippen molar-refractivity contribution in [1.29, 1.82) is 5.26 Å². The fourth-order valence-electron chi connectivity index (χ4n) is 1.67. The smallest absolute Gasteiger partial charge is 0.271 e. The fourth-order valence-corrected chi connectivity index (χ4v) is 1.67. The number of amides is 1. The summed E-state index contributed by atoms with van der Waals surface area (Å²) in [5, 5.41) is 14.8. The molecule has 1 aromatic heterocycles. The van der Waals surface area contributed by atoms with E-state index >= 15 is 0 Å². The summed E-state index contributed by atoms with van der Waals surface area (Å²) in [5.74, 6) is 0.234. The number of benzene rings is 1. The number of hydrogen-bond acceptors (Lipinski definition) is 5. The quantitative estimate of drug-likeness (QED) is 0.877. The number of nitriles is 1. The zero-order valence-electron chi connectivity index (χ0n) is 11.6. The highest BCUT2D eigenvalue weighted by atomic mass is 16.1. The van der Waals surface area contributed by atoms with Gasteiger partial charge in [0, 0.05) is 6.54 Å². The first kappa shape index (κ1) is 14.5. The molecule has 0 aliphatic rings. The molecule has 106 valence electrons. The Balaban J connectivity index is 2.09. The lowest BCUT2D eigenvalue weighted by atomic mass is 10.2. The first-order valence-electron chi connectivity index (χ1n) is 6.61. The van der Waals surface area contributed by atoms with Crippen LogP contribution < -0.4 is 10.6 Å². The number of aromatic nitrogens is 2. The number of nitrogens with one attached hydrogen (secondary N) is 2. The van der Waals surface area contributed by atoms with Crippen LogP contribution in [0.2, 0.25) is 0 Å². The number of anilines is 2. The highest BCUT2D eigenvalue weighted by molar-refractivity contribution is 5.92. The van der Waals surface area contributed by atoms with Gasteiger partial charge in [-0.05, 0) is 18.6 Å². The molecule has 1 aromatic carbocycles. The van der Waals surface area contributed by atoms with E-state index in [1.54, 1.807) is 18.2 Å². The molecule has 0 aliphatic heterocycles. The van der Waals surface area contributed by atoms with Crippen molar-refractivity contribution >= 4 is 17.4 Å². The number of rotatable bonds is 5. The third-order valence-corrected chi connectivity index (χ3v) is 2.73. The molecule has 0 radical (unpaired) electrons. The molecule has 0 saturated carbocycles. The molecule has 0 atom stereocenters. The van der Waals surface area contributed by atoms with Crippen molar-refractivity contribution < 1.29 is 4.79 Å². The molecule has 1 heterocycles. The van der Waals surface area contributed by atoms with Crippen LogP contribution in [-0.4, -0.2) is 22.4 Å². The Hall–Kier alpha value is -2.94. The number of carbonyl (C=O) groups excluding carboxylic acids is 1. The van der Waals surface area contributed by atoms with Crippen molar-refractivity contribution in [3.05, 3.63) is 47.9 Å². The van der Waals surface area contributed by atoms with E-state index in [0.717, 1.165) is 6.42 Å². The number of para-hydroxylation sites is 1. The lowest BCUT2D eigenvalue weighted by Gasteiger charge is -2.07. The van der Waals surface area contributed by atoms with Crippen LogP contribution in [0, 0.1) is 11.3 Å². The van der Waals surface area contributed by atoms with E-state index in [9.17, 15) is 4.79 Å². The first-order chi connectivity index (χ1) is 10.2. The van der Waals surface area contributed by atoms with E-state index in [1.165, 1.54) is 12.4 Å². The molecule has 1 amide bonds. The van der Waals surface area contributed by atoms with Gasteiger partial charge >= 0.3 is 0 Å². The summed E-state index contributed by atoms with van der Waals surface area (Å²) in [6.07, 6.45) is 3.74. The van der Waals surface area contributed by atoms with Crippen molar-refractivity contribution in [3.63, 3.8) is 0 Å². The third-order valence-electron chi connectivity index (χ3n) is 2.73. The maximum absolute atomic E-state index is 11.7. The zero-order chi connectivity index (χ0) is 15.1. The second kappa shape index (κ2) is 7.01. The lowest BCUT2D eigenvalue weighted by molar-refractivity contribution is 0.0948. The van der Waals surface area contributed by atoms with Crippen LogP contribution in [0.1, 0.15) is 29.4 Å². The summed E-state index contributed by atoms with van der Waals surface area (Å²) in [6, 6.07) is 9.20. The van der Waals surface area contributed by atoms with Crippen LogP contribution in [0.4, 0.5) is 11.5 Å². The van der Waals surface area contributed by atoms with Gasteiger partial charge in [-0.3, -0.25) is 4.79 Å². The summed E-state index contributed by atoms with van der Waals surface area (Å²) >= 11 is 0. The highest BCUT2D eigenvalue weighted by Gasteiger charge is 2.07. The molecule has 0 bridgehead atoms. The standard InChI is InChI=1S/C15H15N5O/c1-2-7-17-15(21)13-9-19-14(10-18-13)20-12-6-4-3-5-11(12)8-16/h3-6,9-10H,2,7H2,1H3,(H,17,21)(H,19,20). The van der Waals surface area contributed by atoms with E-state index in [1.807, 2.05) is 13.0 Å². The van der Waals surface area contributed by atoms with Gasteiger partial charge in [0.15, 0.2) is 0 Å². The largest absolute Gasteiger partial charge is 0.351 e. The average Bonchev–Trinajstić information content (AvgIpc) is 2.54. The minimum Gasteiger partial charge on any atom is -0.351 e. The normalized spacial score (nSPS) is 9.71. The highest BCUT2D eigenvalue weighted by Crippen LogP contribution is 2.17. The van der Waals surface area contributed by atoms with Crippen LogP contribution in [-0.2, 0) is 0 Å². The maximum Gasteiger partial charge on any atom is 0.271 e. The Morgan fingerprint density at radius 2 is 2.10 bits per heavy atom. The minimum absolute atomic E-state index is 0.242. The Morgan fingerprint density at radius 3 is 2.76 bits per heavy atom. The fraction of sp³-hybridized carbons (Fsp3) is 0.200. The van der Waals surface area contributed by atoms with Gasteiger partial charge in [0.1, 0.15) is 17.6 Å². The van der Waals surface area contributed by atoms with E-state index < -0.39 is 0 Å². The number of hydrogen-bond donors (Lipinski definition) is 2. The first-order valence-corrected chi connectivity index (χ1v) is 6.61. The zero-order valence-corrected chi connectivity index (χ0v) is 11.6. The van der Waals surface area contributed by atoms with Crippen molar-refractivity contribution in [2.24, 2.45) is 0 Å². The van der Waals surface area contributed by atoms with Crippen molar-refractivity contribution in [2.75, 3.05) is 11.9 Å². The minimum atomic E-state index is -0.242. The van der Waals surface area contributed by atoms with Crippen LogP contribution in [0.3, 0.4) is 0 Å². The molecule has 2 aromatic rings. The molecule has 21 heavy (non-hydrogen) atoms. The van der Waals surface area contributed by atoms with Crippen molar-refractivity contribution in [1.82, 2.24) is 15.3 Å². The number of carbonyl (C=O) groups is 1. The summed E-state index contributed by atoms with van der Waals surface area (Å²) in [5.41, 5.74) is 1.43. The molecule has 2 N–H and O–H groups in total. The van der Waals surface area contributed by atoms with Crippen LogP contribution in [0.15, 0.2) is 36.7 Å². The van der Waals surface area contributed by atoms with Crippen molar-refractivity contribution in [3.8, 4) is 6.07 Å². The van der Waals surface area contributed by atoms with Crippen LogP contribution in [0.5, 0.6) is 0 Å². The van der Waals surface area contributed by atoms with Gasteiger partial charge in [-0.2, -0.15) is 5.26 Å². The topological polar surface area (TPSA) is 90.7 Å². The van der Waals surface area contributed by atoms with Gasteiger partial charge in [0.2, 0.25) is 0 Å². The molecule has 0 fully saturated rings. The molecular formula is C15H15N5O. The molecule has 6 heteroatoms. The number of nitrogens with zero attached hydrogens (tertiary/aromatic N) is 3. The Labute approximate surface area is 122 Å². The molecule has 0 aliphatic carbocycles. The van der Waals surface area contributed by atoms with E-state index in [-0.39, 0.29) is 11.6 Å². The monoisotopic (exact) mass is 281 g/mol. The average molecular weight is 281 g/mol. The van der Waals surface area contributed by atoms with Gasteiger partial charge in [-0.1, -0.05) is 19.1 Å². The van der Waals surface area contributed by atoms with Crippen molar-refractivity contribution in [2.45, 2.75) is 13.3 Å². The third kappa shape index (κ3) is 3.76. The van der Waals surface area contributed by atoms with E-state index in [0.29, 0.717) is 23.6 Å². The summed E-state index contributed by atoms with van der Waals surface area (Å²) in [4.78, 5) is 19.9. The molecular weight excluding hydrogens is 266 g/mol. The van der Waals surface area contributed by atoms with Gasteiger partial charge in [-0.25, -0.2) is 9.97 Å². The van der Waals surface area contributed by atoms with Gasteiger partial charge in [-0.15, -0.1) is 0 Å². The molecule has 0 unspecified atom stereocenters. The SMILES string of the molecule is CCCNC(=O)c1cnc(Nc2ccccc2C#N)cn1. The summed E-state index contributed by atoms with van der Waals surface area (Å²) < 4.78 is 0. The second-order valence-electron chi connectivity index (χ2n) is 4.33. The predicted octanol–water partition coefficient (Wildman–Crippen LogP) is 2.23. The predicted molar refractivity (Wildman–Crippen MR) is 79.1 cm³/mol. The lowest BCUT2D eigenvalue weighted by Crippen LogP contribution is -2.25. The molecule has 0 spiro atoms. The Bertz CT molecular complexity index is 661. The van der Waals surface area contributed by atoms with Crippen LogP contribution >= 0.6 is 0 Å². The van der Waals surface area contributed by atoms with Crippen LogP contribution in [0.25, 0.3) is 0 Å². The molecule has 2 rings (SSSR count). The summed E-state index contributed by atoms with van der Waals surface area (Å²) in [7, 11) is 0. The van der Waals surface area contributed by atoms with Gasteiger partial charge in [0.05, 0.1) is 23.6 Å². The van der Waals surface area contributed by atoms with Gasteiger partial charge < -0.3 is 10.6 Å². The Kier molecular flexibility index (Phi) is 4.83. The van der Waals surface area contributed by atoms with E-state index in [4.69, 9.17) is 5.26 Å². The molecule has 6 nitrogen and oxygen atoms in total. The van der Waals surface area contributed by atoms with E-state index in [2.05, 4.69) is 26.7 Å². The Morgan fingerprint density at radius 1 is 1.29 bits per heavy atom. The second-order valence-corrected chi connectivity index (χ2v) is 4.33.